The highest BCUT2D eigenvalue weighted by atomic mass is 19.1. The van der Waals surface area contributed by atoms with E-state index in [2.05, 4.69) is 0 Å². The van der Waals surface area contributed by atoms with Gasteiger partial charge in [-0.25, -0.2) is 9.18 Å². The Morgan fingerprint density at radius 1 is 1.44 bits per heavy atom. The molecule has 0 bridgehead atoms. The second-order valence-corrected chi connectivity index (χ2v) is 5.62. The number of hydrogen-bond acceptors (Lipinski definition) is 4. The minimum atomic E-state index is -1.97. The van der Waals surface area contributed by atoms with Crippen molar-refractivity contribution in [3.63, 3.8) is 0 Å². The van der Waals surface area contributed by atoms with Crippen LogP contribution in [-0.4, -0.2) is 52.3 Å². The predicted octanol–water partition coefficient (Wildman–Crippen LogP) is 1.29. The van der Waals surface area contributed by atoms with Crippen molar-refractivity contribution in [3.8, 4) is 0 Å². The number of hydrogen-bond donors (Lipinski definition) is 1. The third-order valence-corrected chi connectivity index (χ3v) is 2.92. The van der Waals surface area contributed by atoms with Crippen molar-refractivity contribution in [2.45, 2.75) is 51.5 Å². The van der Waals surface area contributed by atoms with Crippen LogP contribution >= 0.6 is 0 Å². The molecule has 5 nitrogen and oxygen atoms in total. The van der Waals surface area contributed by atoms with Crippen molar-refractivity contribution in [1.29, 1.82) is 0 Å². The van der Waals surface area contributed by atoms with E-state index in [1.807, 2.05) is 0 Å². The number of ether oxygens (including phenoxy) is 1. The van der Waals surface area contributed by atoms with Crippen LogP contribution in [0.1, 0.15) is 34.1 Å². The molecule has 0 aliphatic carbocycles. The van der Waals surface area contributed by atoms with Gasteiger partial charge >= 0.3 is 6.09 Å². The fourth-order valence-corrected chi connectivity index (χ4v) is 1.79. The van der Waals surface area contributed by atoms with E-state index in [1.54, 1.807) is 20.8 Å². The van der Waals surface area contributed by atoms with Gasteiger partial charge in [-0.05, 0) is 27.7 Å². The molecule has 1 fully saturated rings. The summed E-state index contributed by atoms with van der Waals surface area (Å²) in [6, 6.07) is 0. The summed E-state index contributed by atoms with van der Waals surface area (Å²) < 4.78 is 18.9. The number of carbonyl (C=O) groups is 2. The van der Waals surface area contributed by atoms with Crippen molar-refractivity contribution in [3.05, 3.63) is 0 Å². The summed E-state index contributed by atoms with van der Waals surface area (Å²) in [5.74, 6) is -0.612. The molecule has 1 heterocycles. The normalized spacial score (nSPS) is 29.0. The maximum atomic E-state index is 13.8. The average Bonchev–Trinajstić information content (AvgIpc) is 2.19. The largest absolute Gasteiger partial charge is 0.444 e. The number of likely N-dealkylation sites (tertiary alicyclic amines) is 1. The van der Waals surface area contributed by atoms with Gasteiger partial charge in [-0.1, -0.05) is 0 Å². The molecule has 0 aromatic carbocycles. The molecule has 1 saturated heterocycles. The fourth-order valence-electron chi connectivity index (χ4n) is 1.79. The molecule has 18 heavy (non-hydrogen) atoms. The highest BCUT2D eigenvalue weighted by Crippen LogP contribution is 2.27. The van der Waals surface area contributed by atoms with Crippen LogP contribution in [0.4, 0.5) is 9.18 Å². The molecule has 1 amide bonds. The summed E-state index contributed by atoms with van der Waals surface area (Å²) in [5.41, 5.74) is -2.63. The Kier molecular flexibility index (Phi) is 4.00. The van der Waals surface area contributed by atoms with Gasteiger partial charge in [0, 0.05) is 13.0 Å². The summed E-state index contributed by atoms with van der Waals surface area (Å²) in [6.07, 6.45) is -2.52. The lowest BCUT2D eigenvalue weighted by atomic mass is 9.86. The third-order valence-electron chi connectivity index (χ3n) is 2.92. The zero-order chi connectivity index (χ0) is 14.1. The Balaban J connectivity index is 2.67. The number of Topliss-reactive ketones (excluding diaryl/α,β-unsaturated/α-hetero) is 1. The Hall–Kier alpha value is -1.17. The van der Waals surface area contributed by atoms with E-state index in [4.69, 9.17) is 4.74 Å². The van der Waals surface area contributed by atoms with Crippen molar-refractivity contribution >= 4 is 11.9 Å². The molecule has 104 valence electrons. The number of carbonyl (C=O) groups excluding carboxylic acids is 2. The lowest BCUT2D eigenvalue weighted by molar-refractivity contribution is -0.149. The molecular formula is C12H20FNO4. The summed E-state index contributed by atoms with van der Waals surface area (Å²) in [7, 11) is 0. The quantitative estimate of drug-likeness (QED) is 0.772. The molecular weight excluding hydrogens is 241 g/mol. The van der Waals surface area contributed by atoms with Gasteiger partial charge in [-0.3, -0.25) is 4.79 Å². The molecule has 1 aliphatic rings. The smallest absolute Gasteiger partial charge is 0.410 e. The van der Waals surface area contributed by atoms with Gasteiger partial charge in [0.05, 0.1) is 6.54 Å². The number of amides is 1. The van der Waals surface area contributed by atoms with E-state index in [0.29, 0.717) is 0 Å². The van der Waals surface area contributed by atoms with Gasteiger partial charge in [-0.15, -0.1) is 0 Å². The average molecular weight is 261 g/mol. The second-order valence-electron chi connectivity index (χ2n) is 5.62. The summed E-state index contributed by atoms with van der Waals surface area (Å²) >= 11 is 0. The van der Waals surface area contributed by atoms with E-state index in [0.717, 1.165) is 6.92 Å². The van der Waals surface area contributed by atoms with Crippen LogP contribution in [0.25, 0.3) is 0 Å². The summed E-state index contributed by atoms with van der Waals surface area (Å²) in [4.78, 5) is 24.1. The van der Waals surface area contributed by atoms with Gasteiger partial charge in [0.1, 0.15) is 5.60 Å². The first-order chi connectivity index (χ1) is 8.06. The number of aliphatic hydroxyl groups is 1. The fraction of sp³-hybridized carbons (Fsp3) is 0.833. The van der Waals surface area contributed by atoms with Crippen molar-refractivity contribution < 1.29 is 23.8 Å². The second kappa shape index (κ2) is 4.84. The maximum Gasteiger partial charge on any atom is 0.410 e. The number of nitrogens with zero attached hydrogens (tertiary/aromatic N) is 1. The highest BCUT2D eigenvalue weighted by Gasteiger charge is 2.47. The topological polar surface area (TPSA) is 66.8 Å². The lowest BCUT2D eigenvalue weighted by Gasteiger charge is -2.39. The zero-order valence-corrected chi connectivity index (χ0v) is 11.2. The van der Waals surface area contributed by atoms with E-state index in [1.165, 1.54) is 4.90 Å². The van der Waals surface area contributed by atoms with Crippen LogP contribution in [0.5, 0.6) is 0 Å². The van der Waals surface area contributed by atoms with Crippen LogP contribution in [0.3, 0.4) is 0 Å². The first kappa shape index (κ1) is 14.9. The number of alkyl halides is 1. The van der Waals surface area contributed by atoms with E-state index in [9.17, 15) is 19.1 Å². The van der Waals surface area contributed by atoms with E-state index >= 15 is 0 Å². The Morgan fingerprint density at radius 3 is 2.39 bits per heavy atom. The van der Waals surface area contributed by atoms with Crippen molar-refractivity contribution in [2.75, 3.05) is 13.1 Å². The van der Waals surface area contributed by atoms with Crippen molar-refractivity contribution in [2.24, 2.45) is 0 Å². The minimum Gasteiger partial charge on any atom is -0.444 e. The van der Waals surface area contributed by atoms with Crippen LogP contribution in [0.2, 0.25) is 0 Å². The SMILES string of the molecule is CC(=O)[C@@]1(O)CCN(C(=O)OC(C)(C)C)C[C@H]1F. The van der Waals surface area contributed by atoms with Gasteiger partial charge < -0.3 is 14.7 Å². The van der Waals surface area contributed by atoms with Gasteiger partial charge in [-0.2, -0.15) is 0 Å². The summed E-state index contributed by atoms with van der Waals surface area (Å²) in [6.45, 7) is 6.07. The molecule has 0 radical (unpaired) electrons. The molecule has 1 N–H and O–H groups in total. The van der Waals surface area contributed by atoms with Crippen LogP contribution in [0, 0.1) is 0 Å². The molecule has 2 atom stereocenters. The molecule has 1 rings (SSSR count). The molecule has 0 unspecified atom stereocenters. The number of halogens is 1. The summed E-state index contributed by atoms with van der Waals surface area (Å²) in [5, 5.41) is 9.85. The minimum absolute atomic E-state index is 0.103. The van der Waals surface area contributed by atoms with E-state index < -0.39 is 29.3 Å². The van der Waals surface area contributed by atoms with Crippen LogP contribution < -0.4 is 0 Å². The lowest BCUT2D eigenvalue weighted by Crippen LogP contribution is -2.58. The zero-order valence-electron chi connectivity index (χ0n) is 11.2. The standard InChI is InChI=1S/C12H20FNO4/c1-8(15)12(17)5-6-14(7-9(12)13)10(16)18-11(2,3)4/h9,17H,5-7H2,1-4H3/t9-,12+/m1/s1. The van der Waals surface area contributed by atoms with E-state index in [-0.39, 0.29) is 19.5 Å². The number of ketones is 1. The molecule has 0 spiro atoms. The molecule has 6 heteroatoms. The Labute approximate surface area is 106 Å². The Bertz CT molecular complexity index is 352. The highest BCUT2D eigenvalue weighted by molar-refractivity contribution is 5.86. The molecule has 0 aromatic rings. The maximum absolute atomic E-state index is 13.8. The predicted molar refractivity (Wildman–Crippen MR) is 63.0 cm³/mol. The molecule has 0 saturated carbocycles. The van der Waals surface area contributed by atoms with Gasteiger partial charge in [0.25, 0.3) is 0 Å². The Morgan fingerprint density at radius 2 is 2.00 bits per heavy atom. The van der Waals surface area contributed by atoms with Gasteiger partial charge in [0.2, 0.25) is 0 Å². The van der Waals surface area contributed by atoms with Gasteiger partial charge in [0.15, 0.2) is 17.6 Å². The number of rotatable bonds is 1. The van der Waals surface area contributed by atoms with Crippen molar-refractivity contribution in [1.82, 2.24) is 4.90 Å². The van der Waals surface area contributed by atoms with Crippen LogP contribution in [0.15, 0.2) is 0 Å². The molecule has 1 aliphatic heterocycles. The first-order valence-electron chi connectivity index (χ1n) is 5.91. The monoisotopic (exact) mass is 261 g/mol. The molecule has 0 aromatic heterocycles. The first-order valence-corrected chi connectivity index (χ1v) is 5.91. The number of piperidine rings is 1. The third kappa shape index (κ3) is 3.19. The van der Waals surface area contributed by atoms with Crippen LogP contribution in [-0.2, 0) is 9.53 Å².